The Labute approximate surface area is 144 Å². The summed E-state index contributed by atoms with van der Waals surface area (Å²) in [5.74, 6) is 0.675. The number of para-hydroxylation sites is 1. The lowest BCUT2D eigenvalue weighted by Gasteiger charge is -2.11. The van der Waals surface area contributed by atoms with Crippen LogP contribution in [-0.2, 0) is 11.2 Å². The highest BCUT2D eigenvalue weighted by molar-refractivity contribution is 6.02. The van der Waals surface area contributed by atoms with E-state index in [0.717, 1.165) is 34.5 Å². The lowest BCUT2D eigenvalue weighted by atomic mass is 10.1. The molecule has 2 aromatic rings. The predicted molar refractivity (Wildman–Crippen MR) is 100 cm³/mol. The monoisotopic (exact) mass is 323 g/mol. The average Bonchev–Trinajstić information content (AvgIpc) is 2.54. The van der Waals surface area contributed by atoms with Gasteiger partial charge in [-0.15, -0.1) is 0 Å². The summed E-state index contributed by atoms with van der Waals surface area (Å²) in [6.07, 6.45) is 4.36. The van der Waals surface area contributed by atoms with E-state index >= 15 is 0 Å². The van der Waals surface area contributed by atoms with Gasteiger partial charge in [0.25, 0.3) is 0 Å². The van der Waals surface area contributed by atoms with E-state index in [9.17, 15) is 4.79 Å². The van der Waals surface area contributed by atoms with Crippen LogP contribution < -0.4 is 10.1 Å². The number of anilines is 1. The fourth-order valence-corrected chi connectivity index (χ4v) is 2.50. The largest absolute Gasteiger partial charge is 0.491 e. The van der Waals surface area contributed by atoms with Gasteiger partial charge in [-0.1, -0.05) is 37.3 Å². The number of hydrogen-bond donors (Lipinski definition) is 1. The first-order chi connectivity index (χ1) is 11.5. The second-order valence-corrected chi connectivity index (χ2v) is 6.02. The molecule has 0 bridgehead atoms. The lowest BCUT2D eigenvalue weighted by Crippen LogP contribution is -2.11. The highest BCUT2D eigenvalue weighted by Gasteiger charge is 2.06. The average molecular weight is 323 g/mol. The van der Waals surface area contributed by atoms with Gasteiger partial charge in [0.05, 0.1) is 6.10 Å². The third-order valence-corrected chi connectivity index (χ3v) is 3.65. The van der Waals surface area contributed by atoms with Crippen molar-refractivity contribution in [2.24, 2.45) is 0 Å². The molecular formula is C21H25NO2. The van der Waals surface area contributed by atoms with Crippen molar-refractivity contribution in [1.29, 1.82) is 0 Å². The molecule has 0 heterocycles. The van der Waals surface area contributed by atoms with Crippen LogP contribution in [0, 0.1) is 6.92 Å². The Morgan fingerprint density at radius 2 is 1.96 bits per heavy atom. The van der Waals surface area contributed by atoms with Gasteiger partial charge in [0.15, 0.2) is 0 Å². The summed E-state index contributed by atoms with van der Waals surface area (Å²) in [5, 5.41) is 2.99. The number of carbonyl (C=O) groups excluding carboxylic acids is 1. The minimum Gasteiger partial charge on any atom is -0.491 e. The quantitative estimate of drug-likeness (QED) is 0.760. The van der Waals surface area contributed by atoms with Gasteiger partial charge < -0.3 is 10.1 Å². The molecule has 0 saturated carbocycles. The van der Waals surface area contributed by atoms with Crippen molar-refractivity contribution in [3.63, 3.8) is 0 Å². The van der Waals surface area contributed by atoms with E-state index in [1.54, 1.807) is 12.2 Å². The molecule has 3 heteroatoms. The third kappa shape index (κ3) is 4.98. The summed E-state index contributed by atoms with van der Waals surface area (Å²) in [4.78, 5) is 12.2. The maximum Gasteiger partial charge on any atom is 0.248 e. The zero-order chi connectivity index (χ0) is 17.5. The number of aryl methyl sites for hydroxylation is 2. The lowest BCUT2D eigenvalue weighted by molar-refractivity contribution is -0.111. The van der Waals surface area contributed by atoms with Gasteiger partial charge in [0.2, 0.25) is 5.91 Å². The molecular weight excluding hydrogens is 298 g/mol. The van der Waals surface area contributed by atoms with Gasteiger partial charge in [-0.2, -0.15) is 0 Å². The molecule has 126 valence electrons. The Balaban J connectivity index is 2.09. The van der Waals surface area contributed by atoms with Gasteiger partial charge in [-0.25, -0.2) is 0 Å². The molecule has 3 nitrogen and oxygen atoms in total. The molecule has 0 unspecified atom stereocenters. The van der Waals surface area contributed by atoms with Crippen LogP contribution in [0.3, 0.4) is 0 Å². The van der Waals surface area contributed by atoms with Crippen molar-refractivity contribution in [2.75, 3.05) is 5.32 Å². The second kappa shape index (κ2) is 8.34. The van der Waals surface area contributed by atoms with Crippen LogP contribution in [0.25, 0.3) is 6.08 Å². The first-order valence-corrected chi connectivity index (χ1v) is 8.34. The van der Waals surface area contributed by atoms with Gasteiger partial charge in [-0.3, -0.25) is 4.79 Å². The van der Waals surface area contributed by atoms with Crippen LogP contribution in [0.1, 0.15) is 37.5 Å². The zero-order valence-corrected chi connectivity index (χ0v) is 14.8. The number of carbonyl (C=O) groups is 1. The van der Waals surface area contributed by atoms with E-state index in [2.05, 4.69) is 12.2 Å². The van der Waals surface area contributed by atoms with E-state index in [0.29, 0.717) is 0 Å². The standard InChI is InChI=1S/C21H25NO2/c1-5-18-10-6-8-16(4)21(18)22-20(23)13-12-17-9-7-11-19(14-17)24-15(2)3/h6-15H,5H2,1-4H3,(H,22,23)/b13-12+. The number of nitrogens with one attached hydrogen (secondary N) is 1. The van der Waals surface area contributed by atoms with Crippen LogP contribution in [0.5, 0.6) is 5.75 Å². The molecule has 0 atom stereocenters. The third-order valence-electron chi connectivity index (χ3n) is 3.65. The van der Waals surface area contributed by atoms with Crippen molar-refractivity contribution >= 4 is 17.7 Å². The maximum atomic E-state index is 12.2. The summed E-state index contributed by atoms with van der Waals surface area (Å²) < 4.78 is 5.67. The topological polar surface area (TPSA) is 38.3 Å². The van der Waals surface area contributed by atoms with E-state index in [1.165, 1.54) is 0 Å². The summed E-state index contributed by atoms with van der Waals surface area (Å²) in [6, 6.07) is 13.8. The maximum absolute atomic E-state index is 12.2. The van der Waals surface area contributed by atoms with E-state index < -0.39 is 0 Å². The van der Waals surface area contributed by atoms with Crippen molar-refractivity contribution in [3.05, 3.63) is 65.2 Å². The minimum absolute atomic E-state index is 0.126. The Hall–Kier alpha value is -2.55. The zero-order valence-electron chi connectivity index (χ0n) is 14.8. The number of amides is 1. The van der Waals surface area contributed by atoms with Crippen molar-refractivity contribution in [2.45, 2.75) is 40.2 Å². The Bertz CT molecular complexity index is 732. The first-order valence-electron chi connectivity index (χ1n) is 8.34. The van der Waals surface area contributed by atoms with Gasteiger partial charge in [-0.05, 0) is 62.1 Å². The SMILES string of the molecule is CCc1cccc(C)c1NC(=O)/C=C/c1cccc(OC(C)C)c1. The number of benzene rings is 2. The fourth-order valence-electron chi connectivity index (χ4n) is 2.50. The van der Waals surface area contributed by atoms with Crippen molar-refractivity contribution < 1.29 is 9.53 Å². The number of rotatable bonds is 6. The van der Waals surface area contributed by atoms with Crippen LogP contribution in [-0.4, -0.2) is 12.0 Å². The molecule has 1 amide bonds. The summed E-state index contributed by atoms with van der Waals surface area (Å²) >= 11 is 0. The number of ether oxygens (including phenoxy) is 1. The normalized spacial score (nSPS) is 11.0. The van der Waals surface area contributed by atoms with Crippen molar-refractivity contribution in [1.82, 2.24) is 0 Å². The highest BCUT2D eigenvalue weighted by Crippen LogP contribution is 2.21. The van der Waals surface area contributed by atoms with Gasteiger partial charge >= 0.3 is 0 Å². The van der Waals surface area contributed by atoms with Crippen LogP contribution in [0.15, 0.2) is 48.5 Å². The molecule has 0 aliphatic rings. The minimum atomic E-state index is -0.130. The molecule has 2 rings (SSSR count). The summed E-state index contributed by atoms with van der Waals surface area (Å²) in [6.45, 7) is 8.07. The van der Waals surface area contributed by atoms with Crippen LogP contribution in [0.2, 0.25) is 0 Å². The smallest absolute Gasteiger partial charge is 0.248 e. The molecule has 2 aromatic carbocycles. The number of hydrogen-bond acceptors (Lipinski definition) is 2. The van der Waals surface area contributed by atoms with E-state index in [-0.39, 0.29) is 12.0 Å². The van der Waals surface area contributed by atoms with Gasteiger partial charge in [0.1, 0.15) is 5.75 Å². The Kier molecular flexibility index (Phi) is 6.19. The summed E-state index contributed by atoms with van der Waals surface area (Å²) in [7, 11) is 0. The highest BCUT2D eigenvalue weighted by atomic mass is 16.5. The second-order valence-electron chi connectivity index (χ2n) is 6.02. The van der Waals surface area contributed by atoms with E-state index in [4.69, 9.17) is 4.74 Å². The first kappa shape index (κ1) is 17.8. The van der Waals surface area contributed by atoms with E-state index in [1.807, 2.05) is 63.2 Å². The van der Waals surface area contributed by atoms with Crippen LogP contribution in [0.4, 0.5) is 5.69 Å². The molecule has 0 aliphatic heterocycles. The molecule has 0 fully saturated rings. The molecule has 0 aromatic heterocycles. The Morgan fingerprint density at radius 1 is 1.21 bits per heavy atom. The molecule has 24 heavy (non-hydrogen) atoms. The molecule has 0 aliphatic carbocycles. The molecule has 0 radical (unpaired) electrons. The predicted octanol–water partition coefficient (Wildman–Crippen LogP) is 5.00. The van der Waals surface area contributed by atoms with Crippen molar-refractivity contribution in [3.8, 4) is 5.75 Å². The Morgan fingerprint density at radius 3 is 2.67 bits per heavy atom. The fraction of sp³-hybridized carbons (Fsp3) is 0.286. The molecule has 0 saturated heterocycles. The molecule has 0 spiro atoms. The van der Waals surface area contributed by atoms with Gasteiger partial charge in [0, 0.05) is 11.8 Å². The molecule has 1 N–H and O–H groups in total. The summed E-state index contributed by atoms with van der Waals surface area (Å²) in [5.41, 5.74) is 4.06. The van der Waals surface area contributed by atoms with Crippen LogP contribution >= 0.6 is 0 Å².